The van der Waals surface area contributed by atoms with Crippen molar-refractivity contribution in [3.05, 3.63) is 23.8 Å². The minimum absolute atomic E-state index is 0.324. The molecular formula is C16H28N2O2. The Balaban J connectivity index is 2.84. The highest BCUT2D eigenvalue weighted by atomic mass is 16.5. The fourth-order valence-electron chi connectivity index (χ4n) is 2.46. The van der Waals surface area contributed by atoms with Gasteiger partial charge >= 0.3 is 0 Å². The SMILES string of the molecule is CCC(NC(C)CN(C)C)c1ccc(OC)c(OC)c1. The van der Waals surface area contributed by atoms with Gasteiger partial charge in [-0.05, 0) is 45.1 Å². The van der Waals surface area contributed by atoms with E-state index in [1.165, 1.54) is 5.56 Å². The number of hydrogen-bond donors (Lipinski definition) is 1. The second kappa shape index (κ2) is 8.12. The molecular weight excluding hydrogens is 252 g/mol. The number of nitrogens with zero attached hydrogens (tertiary/aromatic N) is 1. The van der Waals surface area contributed by atoms with Crippen LogP contribution in [-0.2, 0) is 0 Å². The summed E-state index contributed by atoms with van der Waals surface area (Å²) in [7, 11) is 7.52. The second-order valence-corrected chi connectivity index (χ2v) is 5.41. The van der Waals surface area contributed by atoms with E-state index in [2.05, 4.69) is 50.3 Å². The minimum Gasteiger partial charge on any atom is -0.493 e. The predicted octanol–water partition coefficient (Wildman–Crippen LogP) is 2.69. The van der Waals surface area contributed by atoms with Crippen molar-refractivity contribution in [2.24, 2.45) is 0 Å². The van der Waals surface area contributed by atoms with Gasteiger partial charge in [-0.25, -0.2) is 0 Å². The molecule has 0 radical (unpaired) electrons. The van der Waals surface area contributed by atoms with E-state index in [9.17, 15) is 0 Å². The Hall–Kier alpha value is -1.26. The van der Waals surface area contributed by atoms with Gasteiger partial charge in [0.15, 0.2) is 11.5 Å². The fraction of sp³-hybridized carbons (Fsp3) is 0.625. The summed E-state index contributed by atoms with van der Waals surface area (Å²) < 4.78 is 10.7. The van der Waals surface area contributed by atoms with E-state index >= 15 is 0 Å². The molecule has 20 heavy (non-hydrogen) atoms. The molecule has 0 bridgehead atoms. The van der Waals surface area contributed by atoms with Crippen LogP contribution in [-0.4, -0.2) is 45.8 Å². The number of benzene rings is 1. The third-order valence-electron chi connectivity index (χ3n) is 3.34. The number of rotatable bonds is 8. The van der Waals surface area contributed by atoms with Gasteiger partial charge < -0.3 is 19.7 Å². The molecule has 0 aromatic heterocycles. The first-order valence-electron chi connectivity index (χ1n) is 7.14. The van der Waals surface area contributed by atoms with Crippen LogP contribution in [0.4, 0.5) is 0 Å². The summed E-state index contributed by atoms with van der Waals surface area (Å²) in [6, 6.07) is 6.88. The molecule has 0 spiro atoms. The maximum atomic E-state index is 5.38. The molecule has 0 aliphatic carbocycles. The van der Waals surface area contributed by atoms with Crippen molar-refractivity contribution < 1.29 is 9.47 Å². The Kier molecular flexibility index (Phi) is 6.82. The average molecular weight is 280 g/mol. The molecule has 1 aromatic carbocycles. The first-order valence-corrected chi connectivity index (χ1v) is 7.14. The van der Waals surface area contributed by atoms with E-state index in [1.807, 2.05) is 6.07 Å². The van der Waals surface area contributed by atoms with Gasteiger partial charge in [0.1, 0.15) is 0 Å². The highest BCUT2D eigenvalue weighted by Crippen LogP contribution is 2.30. The van der Waals surface area contributed by atoms with E-state index in [0.29, 0.717) is 12.1 Å². The summed E-state index contributed by atoms with van der Waals surface area (Å²) in [6.07, 6.45) is 1.03. The molecule has 0 heterocycles. The van der Waals surface area contributed by atoms with Crippen molar-refractivity contribution in [2.75, 3.05) is 34.9 Å². The number of ether oxygens (including phenoxy) is 2. The van der Waals surface area contributed by atoms with Gasteiger partial charge in [-0.3, -0.25) is 0 Å². The van der Waals surface area contributed by atoms with Crippen molar-refractivity contribution >= 4 is 0 Å². The van der Waals surface area contributed by atoms with Crippen LogP contribution in [0.1, 0.15) is 31.9 Å². The molecule has 114 valence electrons. The lowest BCUT2D eigenvalue weighted by molar-refractivity contribution is 0.325. The molecule has 0 aliphatic rings. The zero-order valence-electron chi connectivity index (χ0n) is 13.6. The first kappa shape index (κ1) is 16.8. The van der Waals surface area contributed by atoms with Crippen LogP contribution in [0.5, 0.6) is 11.5 Å². The topological polar surface area (TPSA) is 33.7 Å². The third-order valence-corrected chi connectivity index (χ3v) is 3.34. The lowest BCUT2D eigenvalue weighted by Crippen LogP contribution is -2.38. The zero-order chi connectivity index (χ0) is 15.1. The summed E-state index contributed by atoms with van der Waals surface area (Å²) in [4.78, 5) is 2.19. The molecule has 1 N–H and O–H groups in total. The van der Waals surface area contributed by atoms with Crippen molar-refractivity contribution in [2.45, 2.75) is 32.4 Å². The van der Waals surface area contributed by atoms with E-state index in [4.69, 9.17) is 9.47 Å². The Morgan fingerprint density at radius 2 is 1.80 bits per heavy atom. The van der Waals surface area contributed by atoms with Gasteiger partial charge in [0.05, 0.1) is 14.2 Å². The number of nitrogens with one attached hydrogen (secondary N) is 1. The lowest BCUT2D eigenvalue weighted by atomic mass is 10.0. The quantitative estimate of drug-likeness (QED) is 0.794. The van der Waals surface area contributed by atoms with Crippen LogP contribution in [0.3, 0.4) is 0 Å². The van der Waals surface area contributed by atoms with E-state index in [-0.39, 0.29) is 0 Å². The number of hydrogen-bond acceptors (Lipinski definition) is 4. The van der Waals surface area contributed by atoms with Gasteiger partial charge in [0, 0.05) is 18.6 Å². The van der Waals surface area contributed by atoms with Crippen LogP contribution in [0.2, 0.25) is 0 Å². The van der Waals surface area contributed by atoms with Crippen molar-refractivity contribution in [3.63, 3.8) is 0 Å². The maximum absolute atomic E-state index is 5.38. The van der Waals surface area contributed by atoms with Crippen molar-refractivity contribution in [3.8, 4) is 11.5 Å². The second-order valence-electron chi connectivity index (χ2n) is 5.41. The molecule has 4 heteroatoms. The maximum Gasteiger partial charge on any atom is 0.161 e. The molecule has 4 nitrogen and oxygen atoms in total. The van der Waals surface area contributed by atoms with Gasteiger partial charge in [-0.15, -0.1) is 0 Å². The highest BCUT2D eigenvalue weighted by Gasteiger charge is 2.15. The summed E-state index contributed by atoms with van der Waals surface area (Å²) in [5.74, 6) is 1.55. The Morgan fingerprint density at radius 1 is 1.15 bits per heavy atom. The Bertz CT molecular complexity index is 407. The number of likely N-dealkylation sites (N-methyl/N-ethyl adjacent to an activating group) is 1. The zero-order valence-corrected chi connectivity index (χ0v) is 13.6. The van der Waals surface area contributed by atoms with Crippen LogP contribution in [0, 0.1) is 0 Å². The predicted molar refractivity (Wildman–Crippen MR) is 83.7 cm³/mol. The molecule has 0 amide bonds. The average Bonchev–Trinajstić information content (AvgIpc) is 2.43. The van der Waals surface area contributed by atoms with Gasteiger partial charge in [0.2, 0.25) is 0 Å². The summed E-state index contributed by atoms with van der Waals surface area (Å²) in [5, 5.41) is 3.67. The largest absolute Gasteiger partial charge is 0.493 e. The summed E-state index contributed by atoms with van der Waals surface area (Å²) in [6.45, 7) is 5.42. The summed E-state index contributed by atoms with van der Waals surface area (Å²) >= 11 is 0. The lowest BCUT2D eigenvalue weighted by Gasteiger charge is -2.25. The van der Waals surface area contributed by atoms with Crippen LogP contribution in [0.15, 0.2) is 18.2 Å². The first-order chi connectivity index (χ1) is 9.51. The summed E-state index contributed by atoms with van der Waals surface area (Å²) in [5.41, 5.74) is 1.23. The highest BCUT2D eigenvalue weighted by molar-refractivity contribution is 5.43. The molecule has 2 atom stereocenters. The van der Waals surface area contributed by atoms with Crippen molar-refractivity contribution in [1.29, 1.82) is 0 Å². The molecule has 0 fully saturated rings. The molecule has 0 saturated heterocycles. The molecule has 2 unspecified atom stereocenters. The van der Waals surface area contributed by atoms with Crippen LogP contribution >= 0.6 is 0 Å². The normalized spacial score (nSPS) is 14.2. The van der Waals surface area contributed by atoms with Gasteiger partial charge in [0.25, 0.3) is 0 Å². The van der Waals surface area contributed by atoms with Crippen LogP contribution in [0.25, 0.3) is 0 Å². The minimum atomic E-state index is 0.324. The fourth-order valence-corrected chi connectivity index (χ4v) is 2.46. The Labute approximate surface area is 123 Å². The van der Waals surface area contributed by atoms with Gasteiger partial charge in [-0.2, -0.15) is 0 Å². The smallest absolute Gasteiger partial charge is 0.161 e. The van der Waals surface area contributed by atoms with E-state index in [1.54, 1.807) is 14.2 Å². The Morgan fingerprint density at radius 3 is 2.30 bits per heavy atom. The molecule has 1 aromatic rings. The van der Waals surface area contributed by atoms with Crippen LogP contribution < -0.4 is 14.8 Å². The van der Waals surface area contributed by atoms with Gasteiger partial charge in [-0.1, -0.05) is 13.0 Å². The molecule has 1 rings (SSSR count). The molecule has 0 aliphatic heterocycles. The van der Waals surface area contributed by atoms with Crippen molar-refractivity contribution in [1.82, 2.24) is 10.2 Å². The van der Waals surface area contributed by atoms with E-state index in [0.717, 1.165) is 24.5 Å². The van der Waals surface area contributed by atoms with E-state index < -0.39 is 0 Å². The number of methoxy groups -OCH3 is 2. The molecule has 0 saturated carbocycles. The third kappa shape index (κ3) is 4.69. The monoisotopic (exact) mass is 280 g/mol. The standard InChI is InChI=1S/C16H28N2O2/c1-7-14(17-12(2)11-18(3)4)13-8-9-15(19-5)16(10-13)20-6/h8-10,12,14,17H,7,11H2,1-6H3.